The van der Waals surface area contributed by atoms with Crippen LogP contribution >= 0.6 is 0 Å². The van der Waals surface area contributed by atoms with Crippen LogP contribution in [-0.4, -0.2) is 37.0 Å². The Morgan fingerprint density at radius 2 is 2.10 bits per heavy atom. The molecule has 1 fully saturated rings. The zero-order valence-corrected chi connectivity index (χ0v) is 13.3. The second-order valence-electron chi connectivity index (χ2n) is 6.31. The number of amides is 1. The van der Waals surface area contributed by atoms with Gasteiger partial charge in [0.2, 0.25) is 5.91 Å². The highest BCUT2D eigenvalue weighted by molar-refractivity contribution is 5.86. The lowest BCUT2D eigenvalue weighted by molar-refractivity contribution is -0.125. The maximum absolute atomic E-state index is 12.3. The number of carbonyl (C=O) groups is 1. The Balaban J connectivity index is 2.31. The van der Waals surface area contributed by atoms with Gasteiger partial charge in [0.1, 0.15) is 5.54 Å². The SMILES string of the molecule is CNC(CN1CCCC1C(C)C)(C(N)=O)c1ccccc1. The number of benzene rings is 1. The fraction of sp³-hybridized carbons (Fsp3) is 0.588. The zero-order valence-electron chi connectivity index (χ0n) is 13.3. The van der Waals surface area contributed by atoms with Crippen molar-refractivity contribution in [2.45, 2.75) is 38.3 Å². The van der Waals surface area contributed by atoms with Gasteiger partial charge in [-0.3, -0.25) is 9.69 Å². The topological polar surface area (TPSA) is 58.4 Å². The first-order valence-electron chi connectivity index (χ1n) is 7.79. The van der Waals surface area contributed by atoms with Gasteiger partial charge in [-0.1, -0.05) is 44.2 Å². The van der Waals surface area contributed by atoms with E-state index in [2.05, 4.69) is 24.1 Å². The van der Waals surface area contributed by atoms with E-state index in [1.165, 1.54) is 12.8 Å². The lowest BCUT2D eigenvalue weighted by atomic mass is 9.87. The first-order chi connectivity index (χ1) is 10.0. The van der Waals surface area contributed by atoms with E-state index in [-0.39, 0.29) is 5.91 Å². The van der Waals surface area contributed by atoms with Gasteiger partial charge in [-0.25, -0.2) is 0 Å². The van der Waals surface area contributed by atoms with Gasteiger partial charge in [-0.05, 0) is 37.9 Å². The summed E-state index contributed by atoms with van der Waals surface area (Å²) in [7, 11) is 1.82. The van der Waals surface area contributed by atoms with Gasteiger partial charge in [0, 0.05) is 12.6 Å². The number of likely N-dealkylation sites (N-methyl/N-ethyl adjacent to an activating group) is 1. The molecule has 0 aliphatic carbocycles. The summed E-state index contributed by atoms with van der Waals surface area (Å²) in [6.45, 7) is 6.16. The molecule has 1 aromatic carbocycles. The van der Waals surface area contributed by atoms with Crippen molar-refractivity contribution in [1.82, 2.24) is 10.2 Å². The molecule has 21 heavy (non-hydrogen) atoms. The van der Waals surface area contributed by atoms with Crippen LogP contribution in [0.2, 0.25) is 0 Å². The lowest BCUT2D eigenvalue weighted by Gasteiger charge is -2.38. The molecule has 2 unspecified atom stereocenters. The van der Waals surface area contributed by atoms with E-state index in [1.54, 1.807) is 0 Å². The molecule has 0 saturated carbocycles. The van der Waals surface area contributed by atoms with Crippen molar-refractivity contribution >= 4 is 5.91 Å². The number of hydrogen-bond donors (Lipinski definition) is 2. The van der Waals surface area contributed by atoms with Gasteiger partial charge < -0.3 is 11.1 Å². The van der Waals surface area contributed by atoms with E-state index in [0.29, 0.717) is 18.5 Å². The normalized spacial score (nSPS) is 22.4. The minimum absolute atomic E-state index is 0.314. The number of nitrogens with one attached hydrogen (secondary N) is 1. The van der Waals surface area contributed by atoms with Crippen LogP contribution < -0.4 is 11.1 Å². The van der Waals surface area contributed by atoms with Crippen molar-refractivity contribution in [3.8, 4) is 0 Å². The molecule has 0 bridgehead atoms. The Labute approximate surface area is 127 Å². The van der Waals surface area contributed by atoms with Crippen LogP contribution in [0.25, 0.3) is 0 Å². The fourth-order valence-electron chi connectivity index (χ4n) is 3.49. The Morgan fingerprint density at radius 3 is 2.62 bits per heavy atom. The summed E-state index contributed by atoms with van der Waals surface area (Å²) in [4.78, 5) is 14.7. The first kappa shape index (κ1) is 16.0. The molecular weight excluding hydrogens is 262 g/mol. The molecule has 2 rings (SSSR count). The lowest BCUT2D eigenvalue weighted by Crippen LogP contribution is -2.58. The Bertz CT molecular complexity index is 474. The molecule has 116 valence electrons. The fourth-order valence-corrected chi connectivity index (χ4v) is 3.49. The molecule has 4 heteroatoms. The van der Waals surface area contributed by atoms with Gasteiger partial charge in [-0.15, -0.1) is 0 Å². The third-order valence-corrected chi connectivity index (χ3v) is 4.74. The molecule has 1 amide bonds. The van der Waals surface area contributed by atoms with E-state index in [1.807, 2.05) is 37.4 Å². The summed E-state index contributed by atoms with van der Waals surface area (Å²) in [5.74, 6) is 0.274. The molecular formula is C17H27N3O. The van der Waals surface area contributed by atoms with Crippen LogP contribution in [0.4, 0.5) is 0 Å². The Hall–Kier alpha value is -1.39. The van der Waals surface area contributed by atoms with Crippen LogP contribution in [-0.2, 0) is 10.3 Å². The van der Waals surface area contributed by atoms with E-state index in [9.17, 15) is 4.79 Å². The van der Waals surface area contributed by atoms with E-state index >= 15 is 0 Å². The highest BCUT2D eigenvalue weighted by Crippen LogP contribution is 2.29. The van der Waals surface area contributed by atoms with Gasteiger partial charge >= 0.3 is 0 Å². The van der Waals surface area contributed by atoms with Gasteiger partial charge in [-0.2, -0.15) is 0 Å². The summed E-state index contributed by atoms with van der Waals surface area (Å²) >= 11 is 0. The highest BCUT2D eigenvalue weighted by Gasteiger charge is 2.41. The number of likely N-dealkylation sites (tertiary alicyclic amines) is 1. The molecule has 3 N–H and O–H groups in total. The zero-order chi connectivity index (χ0) is 15.5. The van der Waals surface area contributed by atoms with Crippen LogP contribution in [0.1, 0.15) is 32.3 Å². The third-order valence-electron chi connectivity index (χ3n) is 4.74. The first-order valence-corrected chi connectivity index (χ1v) is 7.79. The standard InChI is InChI=1S/C17H27N3O/c1-13(2)15-10-7-11-20(15)12-17(19-3,16(18)21)14-8-5-4-6-9-14/h4-6,8-9,13,15,19H,7,10-12H2,1-3H3,(H2,18,21). The molecule has 2 atom stereocenters. The molecule has 1 heterocycles. The van der Waals surface area contributed by atoms with Gasteiger partial charge in [0.15, 0.2) is 0 Å². The van der Waals surface area contributed by atoms with Crippen molar-refractivity contribution in [3.63, 3.8) is 0 Å². The Kier molecular flexibility index (Phi) is 5.01. The van der Waals surface area contributed by atoms with Crippen molar-refractivity contribution in [2.75, 3.05) is 20.1 Å². The van der Waals surface area contributed by atoms with E-state index in [4.69, 9.17) is 5.73 Å². The molecule has 1 saturated heterocycles. The van der Waals surface area contributed by atoms with Crippen molar-refractivity contribution < 1.29 is 4.79 Å². The summed E-state index contributed by atoms with van der Waals surface area (Å²) in [6, 6.07) is 10.3. The largest absolute Gasteiger partial charge is 0.368 e. The van der Waals surface area contributed by atoms with Crippen LogP contribution in [0.15, 0.2) is 30.3 Å². The smallest absolute Gasteiger partial charge is 0.243 e. The van der Waals surface area contributed by atoms with Crippen molar-refractivity contribution in [3.05, 3.63) is 35.9 Å². The van der Waals surface area contributed by atoms with E-state index in [0.717, 1.165) is 12.1 Å². The summed E-state index contributed by atoms with van der Waals surface area (Å²) < 4.78 is 0. The molecule has 1 aromatic rings. The maximum Gasteiger partial charge on any atom is 0.243 e. The van der Waals surface area contributed by atoms with Crippen LogP contribution in [0.3, 0.4) is 0 Å². The van der Waals surface area contributed by atoms with Crippen molar-refractivity contribution in [2.24, 2.45) is 11.7 Å². The van der Waals surface area contributed by atoms with Crippen LogP contribution in [0.5, 0.6) is 0 Å². The predicted molar refractivity (Wildman–Crippen MR) is 85.8 cm³/mol. The average molecular weight is 289 g/mol. The predicted octanol–water partition coefficient (Wildman–Crippen LogP) is 1.71. The monoisotopic (exact) mass is 289 g/mol. The van der Waals surface area contributed by atoms with Gasteiger partial charge in [0.25, 0.3) is 0 Å². The molecule has 4 nitrogen and oxygen atoms in total. The minimum atomic E-state index is -0.821. The molecule has 1 aliphatic rings. The third kappa shape index (κ3) is 3.11. The van der Waals surface area contributed by atoms with Gasteiger partial charge in [0.05, 0.1) is 0 Å². The van der Waals surface area contributed by atoms with Crippen LogP contribution in [0, 0.1) is 5.92 Å². The summed E-state index contributed by atoms with van der Waals surface area (Å²) in [5, 5.41) is 3.20. The number of nitrogens with two attached hydrogens (primary N) is 1. The van der Waals surface area contributed by atoms with E-state index < -0.39 is 5.54 Å². The summed E-state index contributed by atoms with van der Waals surface area (Å²) in [5.41, 5.74) is 5.90. The average Bonchev–Trinajstić information content (AvgIpc) is 2.93. The molecule has 0 spiro atoms. The molecule has 1 aliphatic heterocycles. The Morgan fingerprint density at radius 1 is 1.43 bits per heavy atom. The quantitative estimate of drug-likeness (QED) is 0.838. The molecule has 0 aromatic heterocycles. The summed E-state index contributed by atoms with van der Waals surface area (Å²) in [6.07, 6.45) is 2.39. The molecule has 0 radical (unpaired) electrons. The highest BCUT2D eigenvalue weighted by atomic mass is 16.1. The van der Waals surface area contributed by atoms with Crippen molar-refractivity contribution in [1.29, 1.82) is 0 Å². The number of rotatable bonds is 6. The number of carbonyl (C=O) groups excluding carboxylic acids is 1. The number of primary amides is 1. The minimum Gasteiger partial charge on any atom is -0.368 e. The second-order valence-corrected chi connectivity index (χ2v) is 6.31. The number of hydrogen-bond acceptors (Lipinski definition) is 3. The second kappa shape index (κ2) is 6.58. The maximum atomic E-state index is 12.3. The number of nitrogens with zero attached hydrogens (tertiary/aromatic N) is 1.